The summed E-state index contributed by atoms with van der Waals surface area (Å²) in [7, 11) is 0. The number of rotatable bonds is 3. The Balaban J connectivity index is 2.19. The van der Waals surface area contributed by atoms with Crippen LogP contribution in [-0.4, -0.2) is 20.2 Å². The van der Waals surface area contributed by atoms with Gasteiger partial charge in [0.1, 0.15) is 5.82 Å². The standard InChI is InChI=1S/C8H10N6/c9-3-6-7(4-12-14-6)13-8-5-10-1-2-11-8/h1-2,4-5H,3,9H2,(H,11,13)(H,12,14). The number of anilines is 2. The first-order chi connectivity index (χ1) is 6.90. The lowest BCUT2D eigenvalue weighted by Gasteiger charge is -2.02. The third-order valence-corrected chi connectivity index (χ3v) is 1.75. The lowest BCUT2D eigenvalue weighted by atomic mass is 10.3. The van der Waals surface area contributed by atoms with Crippen LogP contribution in [0.2, 0.25) is 0 Å². The normalized spacial score (nSPS) is 10.1. The highest BCUT2D eigenvalue weighted by Gasteiger charge is 2.03. The van der Waals surface area contributed by atoms with E-state index in [0.717, 1.165) is 11.4 Å². The lowest BCUT2D eigenvalue weighted by molar-refractivity contribution is 0.948. The zero-order chi connectivity index (χ0) is 9.80. The molecule has 0 spiro atoms. The molecule has 0 unspecified atom stereocenters. The van der Waals surface area contributed by atoms with Gasteiger partial charge >= 0.3 is 0 Å². The van der Waals surface area contributed by atoms with Crippen LogP contribution in [0.25, 0.3) is 0 Å². The Bertz CT molecular complexity index is 395. The van der Waals surface area contributed by atoms with E-state index in [4.69, 9.17) is 5.73 Å². The molecule has 6 nitrogen and oxygen atoms in total. The first-order valence-corrected chi connectivity index (χ1v) is 4.15. The quantitative estimate of drug-likeness (QED) is 0.651. The van der Waals surface area contributed by atoms with Crippen molar-refractivity contribution < 1.29 is 0 Å². The van der Waals surface area contributed by atoms with Gasteiger partial charge in [-0.1, -0.05) is 0 Å². The van der Waals surface area contributed by atoms with Crippen LogP contribution in [0.15, 0.2) is 24.8 Å². The zero-order valence-corrected chi connectivity index (χ0v) is 7.44. The van der Waals surface area contributed by atoms with Crippen molar-refractivity contribution in [2.75, 3.05) is 5.32 Å². The Morgan fingerprint density at radius 2 is 2.29 bits per heavy atom. The summed E-state index contributed by atoms with van der Waals surface area (Å²) in [4.78, 5) is 8.01. The SMILES string of the molecule is NCc1[nH]ncc1Nc1cnccn1. The fourth-order valence-electron chi connectivity index (χ4n) is 1.08. The summed E-state index contributed by atoms with van der Waals surface area (Å²) >= 11 is 0. The number of aromatic nitrogens is 4. The van der Waals surface area contributed by atoms with Gasteiger partial charge in [-0.2, -0.15) is 5.10 Å². The molecule has 0 aliphatic heterocycles. The van der Waals surface area contributed by atoms with E-state index in [-0.39, 0.29) is 0 Å². The van der Waals surface area contributed by atoms with Crippen LogP contribution in [0.1, 0.15) is 5.69 Å². The average Bonchev–Trinajstić information content (AvgIpc) is 2.67. The molecule has 2 heterocycles. The Labute approximate surface area is 80.6 Å². The van der Waals surface area contributed by atoms with E-state index in [1.165, 1.54) is 0 Å². The predicted molar refractivity (Wildman–Crippen MR) is 51.8 cm³/mol. The second kappa shape index (κ2) is 3.84. The molecule has 72 valence electrons. The van der Waals surface area contributed by atoms with Crippen molar-refractivity contribution in [2.24, 2.45) is 5.73 Å². The molecular weight excluding hydrogens is 180 g/mol. The molecule has 0 saturated carbocycles. The molecular formula is C8H10N6. The highest BCUT2D eigenvalue weighted by atomic mass is 15.2. The molecule has 2 rings (SSSR count). The zero-order valence-electron chi connectivity index (χ0n) is 7.44. The molecule has 0 fully saturated rings. The van der Waals surface area contributed by atoms with Crippen LogP contribution in [-0.2, 0) is 6.54 Å². The lowest BCUT2D eigenvalue weighted by Crippen LogP contribution is -2.01. The van der Waals surface area contributed by atoms with E-state index >= 15 is 0 Å². The van der Waals surface area contributed by atoms with Gasteiger partial charge in [-0.25, -0.2) is 4.98 Å². The van der Waals surface area contributed by atoms with Crippen molar-refractivity contribution in [3.63, 3.8) is 0 Å². The molecule has 0 atom stereocenters. The molecule has 4 N–H and O–H groups in total. The Morgan fingerprint density at radius 3 is 3.00 bits per heavy atom. The number of aromatic amines is 1. The van der Waals surface area contributed by atoms with Crippen LogP contribution < -0.4 is 11.1 Å². The van der Waals surface area contributed by atoms with Crippen molar-refractivity contribution >= 4 is 11.5 Å². The molecule has 14 heavy (non-hydrogen) atoms. The monoisotopic (exact) mass is 190 g/mol. The highest BCUT2D eigenvalue weighted by Crippen LogP contribution is 2.15. The molecule has 2 aromatic rings. The van der Waals surface area contributed by atoms with Gasteiger partial charge < -0.3 is 11.1 Å². The molecule has 0 radical (unpaired) electrons. The smallest absolute Gasteiger partial charge is 0.148 e. The van der Waals surface area contributed by atoms with E-state index in [9.17, 15) is 0 Å². The average molecular weight is 190 g/mol. The third-order valence-electron chi connectivity index (χ3n) is 1.75. The molecule has 0 amide bonds. The van der Waals surface area contributed by atoms with Crippen molar-refractivity contribution in [1.29, 1.82) is 0 Å². The summed E-state index contributed by atoms with van der Waals surface area (Å²) in [6, 6.07) is 0. The molecule has 0 aliphatic rings. The molecule has 6 heteroatoms. The fraction of sp³-hybridized carbons (Fsp3) is 0.125. The summed E-state index contributed by atoms with van der Waals surface area (Å²) in [5.41, 5.74) is 7.17. The molecule has 0 aliphatic carbocycles. The minimum atomic E-state index is 0.405. The number of nitrogens with zero attached hydrogens (tertiary/aromatic N) is 3. The maximum Gasteiger partial charge on any atom is 0.148 e. The molecule has 0 aromatic carbocycles. The molecule has 0 saturated heterocycles. The van der Waals surface area contributed by atoms with Crippen molar-refractivity contribution in [3.8, 4) is 0 Å². The van der Waals surface area contributed by atoms with Crippen LogP contribution in [0.3, 0.4) is 0 Å². The van der Waals surface area contributed by atoms with E-state index < -0.39 is 0 Å². The van der Waals surface area contributed by atoms with Gasteiger partial charge in [-0.15, -0.1) is 0 Å². The summed E-state index contributed by atoms with van der Waals surface area (Å²) < 4.78 is 0. The first kappa shape index (κ1) is 8.64. The van der Waals surface area contributed by atoms with Crippen molar-refractivity contribution in [3.05, 3.63) is 30.5 Å². The van der Waals surface area contributed by atoms with Crippen LogP contribution in [0.4, 0.5) is 11.5 Å². The van der Waals surface area contributed by atoms with Gasteiger partial charge in [0.25, 0.3) is 0 Å². The van der Waals surface area contributed by atoms with E-state index in [0.29, 0.717) is 12.4 Å². The summed E-state index contributed by atoms with van der Waals surface area (Å²) in [6.45, 7) is 0.405. The number of H-pyrrole nitrogens is 1. The maximum absolute atomic E-state index is 5.50. The summed E-state index contributed by atoms with van der Waals surface area (Å²) in [5.74, 6) is 0.670. The van der Waals surface area contributed by atoms with Crippen molar-refractivity contribution in [1.82, 2.24) is 20.2 Å². The Morgan fingerprint density at radius 1 is 1.36 bits per heavy atom. The third kappa shape index (κ3) is 1.69. The van der Waals surface area contributed by atoms with Gasteiger partial charge in [0, 0.05) is 18.9 Å². The Hall–Kier alpha value is -1.95. The van der Waals surface area contributed by atoms with Crippen LogP contribution in [0, 0.1) is 0 Å². The summed E-state index contributed by atoms with van der Waals surface area (Å²) in [6.07, 6.45) is 6.53. The maximum atomic E-state index is 5.50. The molecule has 2 aromatic heterocycles. The predicted octanol–water partition coefficient (Wildman–Crippen LogP) is 0.402. The topological polar surface area (TPSA) is 92.5 Å². The Kier molecular flexibility index (Phi) is 2.37. The second-order valence-electron chi connectivity index (χ2n) is 2.68. The fourth-order valence-corrected chi connectivity index (χ4v) is 1.08. The highest BCUT2D eigenvalue weighted by molar-refractivity contribution is 5.56. The van der Waals surface area contributed by atoms with Crippen LogP contribution in [0.5, 0.6) is 0 Å². The van der Waals surface area contributed by atoms with E-state index in [2.05, 4.69) is 25.5 Å². The summed E-state index contributed by atoms with van der Waals surface area (Å²) in [5, 5.41) is 9.72. The van der Waals surface area contributed by atoms with Gasteiger partial charge in [0.2, 0.25) is 0 Å². The van der Waals surface area contributed by atoms with Crippen molar-refractivity contribution in [2.45, 2.75) is 6.54 Å². The molecule has 0 bridgehead atoms. The van der Waals surface area contributed by atoms with Gasteiger partial charge in [-0.3, -0.25) is 10.1 Å². The van der Waals surface area contributed by atoms with Gasteiger partial charge in [0.15, 0.2) is 0 Å². The van der Waals surface area contributed by atoms with E-state index in [1.807, 2.05) is 0 Å². The van der Waals surface area contributed by atoms with Gasteiger partial charge in [0.05, 0.1) is 23.8 Å². The van der Waals surface area contributed by atoms with Gasteiger partial charge in [-0.05, 0) is 0 Å². The second-order valence-corrected chi connectivity index (χ2v) is 2.68. The number of hydrogen-bond donors (Lipinski definition) is 3. The first-order valence-electron chi connectivity index (χ1n) is 4.15. The number of nitrogens with two attached hydrogens (primary N) is 1. The number of hydrogen-bond acceptors (Lipinski definition) is 5. The minimum Gasteiger partial charge on any atom is -0.336 e. The minimum absolute atomic E-state index is 0.405. The number of nitrogens with one attached hydrogen (secondary N) is 2. The van der Waals surface area contributed by atoms with E-state index in [1.54, 1.807) is 24.8 Å². The largest absolute Gasteiger partial charge is 0.336 e. The van der Waals surface area contributed by atoms with Crippen LogP contribution >= 0.6 is 0 Å².